The van der Waals surface area contributed by atoms with Gasteiger partial charge in [0, 0.05) is 18.3 Å². The van der Waals surface area contributed by atoms with Crippen molar-refractivity contribution in [3.05, 3.63) is 65.7 Å². The first-order valence-corrected chi connectivity index (χ1v) is 8.47. The summed E-state index contributed by atoms with van der Waals surface area (Å²) in [6.45, 7) is 2.86. The van der Waals surface area contributed by atoms with Crippen molar-refractivity contribution in [1.29, 1.82) is 0 Å². The zero-order chi connectivity index (χ0) is 17.8. The molecule has 5 nitrogen and oxygen atoms in total. The van der Waals surface area contributed by atoms with Gasteiger partial charge in [-0.2, -0.15) is 0 Å². The van der Waals surface area contributed by atoms with Crippen molar-refractivity contribution in [2.45, 2.75) is 19.4 Å². The first kappa shape index (κ1) is 17.2. The maximum absolute atomic E-state index is 12.7. The van der Waals surface area contributed by atoms with Crippen LogP contribution >= 0.6 is 0 Å². The Hall–Kier alpha value is -2.66. The molecule has 130 valence electrons. The lowest BCUT2D eigenvalue weighted by Crippen LogP contribution is -2.58. The van der Waals surface area contributed by atoms with Crippen molar-refractivity contribution in [2.75, 3.05) is 24.5 Å². The molecule has 1 aliphatic heterocycles. The van der Waals surface area contributed by atoms with Crippen LogP contribution < -0.4 is 10.6 Å². The molecule has 0 bridgehead atoms. The van der Waals surface area contributed by atoms with Gasteiger partial charge in [0.05, 0.1) is 13.1 Å². The second-order valence-corrected chi connectivity index (χ2v) is 6.51. The molecule has 2 amide bonds. The number of nitrogens with zero attached hydrogens (tertiary/aromatic N) is 2. The van der Waals surface area contributed by atoms with Crippen molar-refractivity contribution in [3.8, 4) is 0 Å². The third kappa shape index (κ3) is 4.06. The minimum absolute atomic E-state index is 0.000128. The zero-order valence-corrected chi connectivity index (χ0v) is 14.4. The van der Waals surface area contributed by atoms with E-state index in [4.69, 9.17) is 5.73 Å². The standard InChI is InChI=1S/C20H23N3O2/c1-15-7-5-6-10-18(15)23-12-17(11-16-8-3-2-4-9-16)22(13-19(21)24)14-20(23)25/h2-10,17H,11-14H2,1H3,(H2,21,24)/t17-/m1/s1. The monoisotopic (exact) mass is 337 g/mol. The lowest BCUT2D eigenvalue weighted by atomic mass is 10.0. The summed E-state index contributed by atoms with van der Waals surface area (Å²) in [5.41, 5.74) is 8.57. The normalized spacial score (nSPS) is 18.4. The number of rotatable bonds is 5. The Morgan fingerprint density at radius 2 is 1.80 bits per heavy atom. The fourth-order valence-electron chi connectivity index (χ4n) is 3.38. The Labute approximate surface area is 148 Å². The van der Waals surface area contributed by atoms with Gasteiger partial charge in [-0.1, -0.05) is 48.5 Å². The minimum atomic E-state index is -0.407. The maximum atomic E-state index is 12.7. The van der Waals surface area contributed by atoms with Gasteiger partial charge in [-0.25, -0.2) is 0 Å². The molecule has 0 saturated carbocycles. The molecule has 2 aromatic carbocycles. The molecule has 1 saturated heterocycles. The first-order chi connectivity index (χ1) is 12.0. The first-order valence-electron chi connectivity index (χ1n) is 8.47. The van der Waals surface area contributed by atoms with Crippen molar-refractivity contribution < 1.29 is 9.59 Å². The molecule has 25 heavy (non-hydrogen) atoms. The van der Waals surface area contributed by atoms with E-state index in [2.05, 4.69) is 12.1 Å². The number of para-hydroxylation sites is 1. The molecule has 1 aliphatic rings. The molecule has 0 aliphatic carbocycles. The van der Waals surface area contributed by atoms with Crippen LogP contribution in [-0.4, -0.2) is 42.4 Å². The van der Waals surface area contributed by atoms with Crippen LogP contribution in [0, 0.1) is 6.92 Å². The summed E-state index contributed by atoms with van der Waals surface area (Å²) in [6, 6.07) is 18.0. The number of amides is 2. The maximum Gasteiger partial charge on any atom is 0.241 e. The summed E-state index contributed by atoms with van der Waals surface area (Å²) in [5, 5.41) is 0. The van der Waals surface area contributed by atoms with Crippen LogP contribution in [0.25, 0.3) is 0 Å². The van der Waals surface area contributed by atoms with Crippen LogP contribution in [0.15, 0.2) is 54.6 Å². The van der Waals surface area contributed by atoms with Crippen LogP contribution in [0.3, 0.4) is 0 Å². The molecule has 0 aromatic heterocycles. The largest absolute Gasteiger partial charge is 0.369 e. The minimum Gasteiger partial charge on any atom is -0.369 e. The van der Waals surface area contributed by atoms with Gasteiger partial charge in [-0.3, -0.25) is 14.5 Å². The number of nitrogens with two attached hydrogens (primary N) is 1. The lowest BCUT2D eigenvalue weighted by molar-refractivity contribution is -0.125. The Bertz CT molecular complexity index is 761. The summed E-state index contributed by atoms with van der Waals surface area (Å²) in [6.07, 6.45) is 0.768. The summed E-state index contributed by atoms with van der Waals surface area (Å²) < 4.78 is 0. The molecule has 0 spiro atoms. The predicted octanol–water partition coefficient (Wildman–Crippen LogP) is 1.74. The third-order valence-corrected chi connectivity index (χ3v) is 4.63. The average Bonchev–Trinajstić information content (AvgIpc) is 2.58. The van der Waals surface area contributed by atoms with Gasteiger partial charge in [0.2, 0.25) is 11.8 Å². The van der Waals surface area contributed by atoms with Crippen LogP contribution in [0.2, 0.25) is 0 Å². The van der Waals surface area contributed by atoms with E-state index in [1.165, 1.54) is 5.56 Å². The quantitative estimate of drug-likeness (QED) is 0.904. The Morgan fingerprint density at radius 3 is 2.48 bits per heavy atom. The van der Waals surface area contributed by atoms with E-state index in [0.717, 1.165) is 17.7 Å². The molecule has 1 heterocycles. The van der Waals surface area contributed by atoms with Crippen LogP contribution in [0.1, 0.15) is 11.1 Å². The fraction of sp³-hybridized carbons (Fsp3) is 0.300. The van der Waals surface area contributed by atoms with E-state index in [-0.39, 0.29) is 25.0 Å². The molecule has 0 unspecified atom stereocenters. The molecule has 2 N–H and O–H groups in total. The van der Waals surface area contributed by atoms with Crippen molar-refractivity contribution in [1.82, 2.24) is 4.90 Å². The van der Waals surface area contributed by atoms with Gasteiger partial charge in [0.15, 0.2) is 0 Å². The number of carbonyl (C=O) groups is 2. The van der Waals surface area contributed by atoms with Gasteiger partial charge in [0.1, 0.15) is 0 Å². The lowest BCUT2D eigenvalue weighted by Gasteiger charge is -2.41. The highest BCUT2D eigenvalue weighted by Gasteiger charge is 2.33. The van der Waals surface area contributed by atoms with Gasteiger partial charge >= 0.3 is 0 Å². The molecule has 3 rings (SSSR count). The summed E-state index contributed by atoms with van der Waals surface area (Å²) in [4.78, 5) is 27.8. The number of carbonyl (C=O) groups excluding carboxylic acids is 2. The summed E-state index contributed by atoms with van der Waals surface area (Å²) >= 11 is 0. The second kappa shape index (κ2) is 7.49. The number of piperazine rings is 1. The fourth-order valence-corrected chi connectivity index (χ4v) is 3.38. The highest BCUT2D eigenvalue weighted by atomic mass is 16.2. The van der Waals surface area contributed by atoms with Crippen molar-refractivity contribution in [2.24, 2.45) is 5.73 Å². The van der Waals surface area contributed by atoms with E-state index in [1.807, 2.05) is 59.2 Å². The molecule has 2 aromatic rings. The smallest absolute Gasteiger partial charge is 0.241 e. The topological polar surface area (TPSA) is 66.6 Å². The van der Waals surface area contributed by atoms with E-state index >= 15 is 0 Å². The predicted molar refractivity (Wildman–Crippen MR) is 98.2 cm³/mol. The number of primary amides is 1. The van der Waals surface area contributed by atoms with Crippen LogP contribution in [0.5, 0.6) is 0 Å². The molecule has 5 heteroatoms. The van der Waals surface area contributed by atoms with Gasteiger partial charge in [-0.05, 0) is 30.5 Å². The third-order valence-electron chi connectivity index (χ3n) is 4.63. The summed E-state index contributed by atoms with van der Waals surface area (Å²) in [5.74, 6) is -0.407. The number of hydrogen-bond acceptors (Lipinski definition) is 3. The molecular formula is C20H23N3O2. The van der Waals surface area contributed by atoms with E-state index < -0.39 is 5.91 Å². The number of aryl methyl sites for hydroxylation is 1. The highest BCUT2D eigenvalue weighted by molar-refractivity contribution is 5.96. The zero-order valence-electron chi connectivity index (χ0n) is 14.4. The Kier molecular flexibility index (Phi) is 5.14. The van der Waals surface area contributed by atoms with E-state index in [0.29, 0.717) is 6.54 Å². The Morgan fingerprint density at radius 1 is 1.12 bits per heavy atom. The number of benzene rings is 2. The van der Waals surface area contributed by atoms with E-state index in [1.54, 1.807) is 0 Å². The van der Waals surface area contributed by atoms with Gasteiger partial charge in [0.25, 0.3) is 0 Å². The van der Waals surface area contributed by atoms with Gasteiger partial charge < -0.3 is 10.6 Å². The molecule has 0 radical (unpaired) electrons. The van der Waals surface area contributed by atoms with Gasteiger partial charge in [-0.15, -0.1) is 0 Å². The number of hydrogen-bond donors (Lipinski definition) is 1. The average molecular weight is 337 g/mol. The van der Waals surface area contributed by atoms with E-state index in [9.17, 15) is 9.59 Å². The molecule has 1 fully saturated rings. The molecular weight excluding hydrogens is 314 g/mol. The number of anilines is 1. The van der Waals surface area contributed by atoms with Crippen LogP contribution in [0.4, 0.5) is 5.69 Å². The highest BCUT2D eigenvalue weighted by Crippen LogP contribution is 2.25. The van der Waals surface area contributed by atoms with Crippen molar-refractivity contribution in [3.63, 3.8) is 0 Å². The Balaban J connectivity index is 1.86. The SMILES string of the molecule is Cc1ccccc1N1C[C@@H](Cc2ccccc2)N(CC(N)=O)CC1=O. The van der Waals surface area contributed by atoms with Crippen LogP contribution in [-0.2, 0) is 16.0 Å². The summed E-state index contributed by atoms with van der Waals surface area (Å²) in [7, 11) is 0. The molecule has 1 atom stereocenters. The van der Waals surface area contributed by atoms with Crippen molar-refractivity contribution >= 4 is 17.5 Å². The second-order valence-electron chi connectivity index (χ2n) is 6.51.